The molecule has 25 heavy (non-hydrogen) atoms. The summed E-state index contributed by atoms with van der Waals surface area (Å²) < 4.78 is 27.9. The zero-order chi connectivity index (χ0) is 17.8. The molecule has 1 aliphatic heterocycles. The molecule has 1 heterocycles. The predicted octanol–water partition coefficient (Wildman–Crippen LogP) is 3.03. The summed E-state index contributed by atoms with van der Waals surface area (Å²) in [4.78, 5) is 16.3. The Labute approximate surface area is 150 Å². The second-order valence-corrected chi connectivity index (χ2v) is 6.00. The number of piperazine rings is 1. The standard InChI is InChI=1S/C18H17F2N3OS/c19-15-7-4-8-16(20)17(15)23(13-24)18(25)22-11-9-21(10-12-22)14-5-2-1-3-6-14/h1-8,13H,9-12H2. The van der Waals surface area contributed by atoms with E-state index in [9.17, 15) is 13.6 Å². The van der Waals surface area contributed by atoms with Gasteiger partial charge in [0.15, 0.2) is 5.11 Å². The lowest BCUT2D eigenvalue weighted by Gasteiger charge is -2.39. The van der Waals surface area contributed by atoms with Gasteiger partial charge in [-0.15, -0.1) is 0 Å². The van der Waals surface area contributed by atoms with Gasteiger partial charge in [-0.25, -0.2) is 8.78 Å². The number of hydrogen-bond acceptors (Lipinski definition) is 3. The Morgan fingerprint density at radius 3 is 2.12 bits per heavy atom. The van der Waals surface area contributed by atoms with Crippen molar-refractivity contribution in [3.05, 3.63) is 60.2 Å². The van der Waals surface area contributed by atoms with Gasteiger partial charge in [-0.05, 0) is 36.5 Å². The number of thiocarbonyl (C=S) groups is 1. The highest BCUT2D eigenvalue weighted by Gasteiger charge is 2.26. The minimum atomic E-state index is -0.822. The number of rotatable bonds is 3. The molecule has 1 fully saturated rings. The monoisotopic (exact) mass is 361 g/mol. The molecule has 130 valence electrons. The highest BCUT2D eigenvalue weighted by molar-refractivity contribution is 7.80. The van der Waals surface area contributed by atoms with Crippen LogP contribution in [-0.4, -0.2) is 42.6 Å². The van der Waals surface area contributed by atoms with Crippen LogP contribution in [0.15, 0.2) is 48.5 Å². The molecule has 0 bridgehead atoms. The molecule has 0 unspecified atom stereocenters. The maximum absolute atomic E-state index is 14.0. The fourth-order valence-electron chi connectivity index (χ4n) is 2.86. The van der Waals surface area contributed by atoms with Crippen molar-refractivity contribution in [1.29, 1.82) is 0 Å². The average Bonchev–Trinajstić information content (AvgIpc) is 2.65. The molecule has 1 saturated heterocycles. The lowest BCUT2D eigenvalue weighted by Crippen LogP contribution is -2.53. The normalized spacial score (nSPS) is 14.3. The zero-order valence-corrected chi connectivity index (χ0v) is 14.3. The Kier molecular flexibility index (Phi) is 5.23. The molecule has 0 atom stereocenters. The van der Waals surface area contributed by atoms with Crippen molar-refractivity contribution in [3.63, 3.8) is 0 Å². The van der Waals surface area contributed by atoms with Crippen LogP contribution in [0.2, 0.25) is 0 Å². The third-order valence-electron chi connectivity index (χ3n) is 4.16. The summed E-state index contributed by atoms with van der Waals surface area (Å²) in [6.07, 6.45) is 0.355. The van der Waals surface area contributed by atoms with Gasteiger partial charge in [0.1, 0.15) is 17.3 Å². The van der Waals surface area contributed by atoms with Crippen molar-refractivity contribution in [2.75, 3.05) is 36.0 Å². The zero-order valence-electron chi connectivity index (χ0n) is 13.4. The van der Waals surface area contributed by atoms with Crippen LogP contribution in [0.3, 0.4) is 0 Å². The van der Waals surface area contributed by atoms with Crippen molar-refractivity contribution in [2.24, 2.45) is 0 Å². The van der Waals surface area contributed by atoms with E-state index < -0.39 is 17.3 Å². The van der Waals surface area contributed by atoms with E-state index >= 15 is 0 Å². The lowest BCUT2D eigenvalue weighted by molar-refractivity contribution is -0.106. The highest BCUT2D eigenvalue weighted by atomic mass is 32.1. The van der Waals surface area contributed by atoms with E-state index in [1.807, 2.05) is 30.3 Å². The number of amides is 1. The molecule has 0 spiro atoms. The smallest absolute Gasteiger partial charge is 0.220 e. The number of carbonyl (C=O) groups excluding carboxylic acids is 1. The second-order valence-electron chi connectivity index (χ2n) is 5.64. The Hall–Kier alpha value is -2.54. The minimum Gasteiger partial charge on any atom is -0.368 e. The first-order chi connectivity index (χ1) is 12.1. The van der Waals surface area contributed by atoms with Crippen molar-refractivity contribution < 1.29 is 13.6 Å². The molecule has 2 aromatic rings. The molecule has 4 nitrogen and oxygen atoms in total. The summed E-state index contributed by atoms with van der Waals surface area (Å²) in [5.41, 5.74) is 0.674. The van der Waals surface area contributed by atoms with Crippen molar-refractivity contribution in [3.8, 4) is 0 Å². The molecule has 0 aromatic heterocycles. The van der Waals surface area contributed by atoms with Gasteiger partial charge in [-0.3, -0.25) is 9.69 Å². The quantitative estimate of drug-likeness (QED) is 0.620. The summed E-state index contributed by atoms with van der Waals surface area (Å²) >= 11 is 5.32. The largest absolute Gasteiger partial charge is 0.368 e. The molecular formula is C18H17F2N3OS. The number of carbonyl (C=O) groups is 1. The van der Waals surface area contributed by atoms with Crippen LogP contribution in [0, 0.1) is 11.6 Å². The number of halogens is 2. The summed E-state index contributed by atoms with van der Waals surface area (Å²) in [5.74, 6) is -1.64. The number of benzene rings is 2. The summed E-state index contributed by atoms with van der Waals surface area (Å²) in [6, 6.07) is 13.4. The Morgan fingerprint density at radius 2 is 1.56 bits per heavy atom. The van der Waals surface area contributed by atoms with Crippen LogP contribution in [0.5, 0.6) is 0 Å². The summed E-state index contributed by atoms with van der Waals surface area (Å²) in [5, 5.41) is 0.103. The van der Waals surface area contributed by atoms with E-state index in [0.29, 0.717) is 32.6 Å². The Bertz CT molecular complexity index is 744. The topological polar surface area (TPSA) is 26.8 Å². The van der Waals surface area contributed by atoms with Crippen LogP contribution < -0.4 is 9.80 Å². The van der Waals surface area contributed by atoms with Crippen molar-refractivity contribution in [2.45, 2.75) is 0 Å². The predicted molar refractivity (Wildman–Crippen MR) is 97.7 cm³/mol. The van der Waals surface area contributed by atoms with Crippen LogP contribution in [0.4, 0.5) is 20.2 Å². The molecule has 0 aliphatic carbocycles. The first kappa shape index (κ1) is 17.3. The molecule has 0 radical (unpaired) electrons. The first-order valence-corrected chi connectivity index (χ1v) is 8.30. The van der Waals surface area contributed by atoms with E-state index in [1.54, 1.807) is 4.90 Å². The lowest BCUT2D eigenvalue weighted by atomic mass is 10.2. The summed E-state index contributed by atoms with van der Waals surface area (Å²) in [7, 11) is 0. The SMILES string of the molecule is O=CN(C(=S)N1CCN(c2ccccc2)CC1)c1c(F)cccc1F. The van der Waals surface area contributed by atoms with E-state index in [2.05, 4.69) is 4.90 Å². The summed E-state index contributed by atoms with van der Waals surface area (Å²) in [6.45, 7) is 2.54. The maximum Gasteiger partial charge on any atom is 0.220 e. The fourth-order valence-corrected chi connectivity index (χ4v) is 3.18. The molecule has 1 aliphatic rings. The van der Waals surface area contributed by atoms with Crippen LogP contribution in [0.1, 0.15) is 0 Å². The van der Waals surface area contributed by atoms with Gasteiger partial charge >= 0.3 is 0 Å². The molecule has 3 rings (SSSR count). The Morgan fingerprint density at radius 1 is 0.960 bits per heavy atom. The van der Waals surface area contributed by atoms with Gasteiger partial charge in [0.05, 0.1) is 0 Å². The number of hydrogen-bond donors (Lipinski definition) is 0. The van der Waals surface area contributed by atoms with Crippen LogP contribution in [0.25, 0.3) is 0 Å². The number of anilines is 2. The maximum atomic E-state index is 14.0. The highest BCUT2D eigenvalue weighted by Crippen LogP contribution is 2.24. The van der Waals surface area contributed by atoms with E-state index in [0.717, 1.165) is 22.7 Å². The van der Waals surface area contributed by atoms with Gasteiger partial charge in [0, 0.05) is 31.9 Å². The van der Waals surface area contributed by atoms with E-state index in [1.165, 1.54) is 6.07 Å². The van der Waals surface area contributed by atoms with Gasteiger partial charge < -0.3 is 9.80 Å². The number of para-hydroxylation sites is 2. The third-order valence-corrected chi connectivity index (χ3v) is 4.62. The van der Waals surface area contributed by atoms with Gasteiger partial charge in [0.25, 0.3) is 0 Å². The van der Waals surface area contributed by atoms with Crippen molar-refractivity contribution >= 4 is 35.1 Å². The molecule has 7 heteroatoms. The van der Waals surface area contributed by atoms with E-state index in [4.69, 9.17) is 12.2 Å². The Balaban J connectivity index is 1.72. The van der Waals surface area contributed by atoms with E-state index in [-0.39, 0.29) is 5.11 Å². The third kappa shape index (κ3) is 3.61. The second kappa shape index (κ2) is 7.57. The molecular weight excluding hydrogens is 344 g/mol. The number of nitrogens with zero attached hydrogens (tertiary/aromatic N) is 3. The molecule has 0 saturated carbocycles. The van der Waals surface area contributed by atoms with Crippen LogP contribution in [-0.2, 0) is 4.79 Å². The van der Waals surface area contributed by atoms with Gasteiger partial charge in [0.2, 0.25) is 6.41 Å². The minimum absolute atomic E-state index is 0.103. The fraction of sp³-hybridized carbons (Fsp3) is 0.222. The first-order valence-electron chi connectivity index (χ1n) is 7.89. The van der Waals surface area contributed by atoms with Gasteiger partial charge in [-0.2, -0.15) is 0 Å². The molecule has 0 N–H and O–H groups in total. The molecule has 2 aromatic carbocycles. The van der Waals surface area contributed by atoms with Gasteiger partial charge in [-0.1, -0.05) is 24.3 Å². The average molecular weight is 361 g/mol. The molecule has 1 amide bonds. The van der Waals surface area contributed by atoms with Crippen LogP contribution >= 0.6 is 12.2 Å². The van der Waals surface area contributed by atoms with Crippen molar-refractivity contribution in [1.82, 2.24) is 4.90 Å².